The minimum Gasteiger partial charge on any atom is -0.325 e. The molecular formula is C16H23N3. The van der Waals surface area contributed by atoms with E-state index in [0.717, 1.165) is 17.9 Å². The van der Waals surface area contributed by atoms with E-state index in [-0.39, 0.29) is 0 Å². The van der Waals surface area contributed by atoms with E-state index in [1.54, 1.807) is 0 Å². The fraction of sp³-hybridized carbons (Fsp3) is 0.562. The number of para-hydroxylation sites is 2. The van der Waals surface area contributed by atoms with Gasteiger partial charge in [0.25, 0.3) is 0 Å². The molecule has 3 heteroatoms. The second kappa shape index (κ2) is 5.33. The average Bonchev–Trinajstić information content (AvgIpc) is 2.99. The Balaban J connectivity index is 1.83. The van der Waals surface area contributed by atoms with Crippen LogP contribution in [-0.4, -0.2) is 22.1 Å². The van der Waals surface area contributed by atoms with Crippen LogP contribution in [0.1, 0.15) is 44.5 Å². The first-order chi connectivity index (χ1) is 9.29. The summed E-state index contributed by atoms with van der Waals surface area (Å²) >= 11 is 0. The highest BCUT2D eigenvalue weighted by Gasteiger charge is 2.27. The van der Waals surface area contributed by atoms with Crippen molar-refractivity contribution in [2.75, 3.05) is 6.54 Å². The number of benzene rings is 1. The lowest BCUT2D eigenvalue weighted by Crippen LogP contribution is -2.27. The summed E-state index contributed by atoms with van der Waals surface area (Å²) in [6.07, 6.45) is 5.01. The third-order valence-corrected chi connectivity index (χ3v) is 4.23. The zero-order chi connectivity index (χ0) is 13.2. The van der Waals surface area contributed by atoms with Crippen LogP contribution in [0.15, 0.2) is 24.3 Å². The van der Waals surface area contributed by atoms with Crippen molar-refractivity contribution in [2.24, 2.45) is 0 Å². The molecule has 1 fully saturated rings. The van der Waals surface area contributed by atoms with Gasteiger partial charge in [-0.3, -0.25) is 0 Å². The Morgan fingerprint density at radius 2 is 2.16 bits per heavy atom. The molecule has 1 aliphatic carbocycles. The summed E-state index contributed by atoms with van der Waals surface area (Å²) in [4.78, 5) is 4.69. The first kappa shape index (κ1) is 12.7. The summed E-state index contributed by atoms with van der Waals surface area (Å²) in [6.45, 7) is 5.50. The predicted molar refractivity (Wildman–Crippen MR) is 79.4 cm³/mol. The molecule has 3 nitrogen and oxygen atoms in total. The van der Waals surface area contributed by atoms with Gasteiger partial charge in [0.1, 0.15) is 5.82 Å². The van der Waals surface area contributed by atoms with Gasteiger partial charge in [0.15, 0.2) is 0 Å². The van der Waals surface area contributed by atoms with Crippen molar-refractivity contribution in [1.29, 1.82) is 0 Å². The molecule has 102 valence electrons. The van der Waals surface area contributed by atoms with E-state index < -0.39 is 0 Å². The first-order valence-corrected chi connectivity index (χ1v) is 7.46. The summed E-state index contributed by atoms with van der Waals surface area (Å²) in [7, 11) is 0. The Morgan fingerprint density at radius 3 is 3.00 bits per heavy atom. The van der Waals surface area contributed by atoms with Crippen LogP contribution in [0.3, 0.4) is 0 Å². The number of hydrogen-bond donors (Lipinski definition) is 1. The zero-order valence-electron chi connectivity index (χ0n) is 11.9. The third kappa shape index (κ3) is 2.39. The molecule has 1 aromatic heterocycles. The maximum Gasteiger partial charge on any atom is 0.106 e. The van der Waals surface area contributed by atoms with Crippen LogP contribution in [0.4, 0.5) is 0 Å². The number of hydrogen-bond acceptors (Lipinski definition) is 2. The molecule has 1 saturated carbocycles. The number of imidazole rings is 1. The molecule has 0 amide bonds. The number of nitrogens with one attached hydrogen (secondary N) is 1. The van der Waals surface area contributed by atoms with Gasteiger partial charge < -0.3 is 9.88 Å². The van der Waals surface area contributed by atoms with Crippen LogP contribution in [0.25, 0.3) is 11.0 Å². The van der Waals surface area contributed by atoms with E-state index in [4.69, 9.17) is 0 Å². The zero-order valence-corrected chi connectivity index (χ0v) is 11.9. The Labute approximate surface area is 115 Å². The molecule has 2 aromatic rings. The lowest BCUT2D eigenvalue weighted by Gasteiger charge is -2.16. The number of rotatable bonds is 4. The summed E-state index contributed by atoms with van der Waals surface area (Å²) in [5.41, 5.74) is 2.42. The van der Waals surface area contributed by atoms with Crippen molar-refractivity contribution in [2.45, 2.75) is 51.6 Å². The van der Waals surface area contributed by atoms with E-state index in [2.05, 4.69) is 53.0 Å². The normalized spacial score (nSPS) is 23.3. The molecule has 1 aromatic carbocycles. The van der Waals surface area contributed by atoms with Crippen molar-refractivity contribution >= 4 is 11.0 Å². The van der Waals surface area contributed by atoms with Crippen molar-refractivity contribution in [3.05, 3.63) is 30.1 Å². The van der Waals surface area contributed by atoms with Gasteiger partial charge in [-0.1, -0.05) is 19.1 Å². The highest BCUT2D eigenvalue weighted by Crippen LogP contribution is 2.33. The van der Waals surface area contributed by atoms with E-state index >= 15 is 0 Å². The van der Waals surface area contributed by atoms with Gasteiger partial charge in [-0.2, -0.15) is 0 Å². The van der Waals surface area contributed by atoms with Crippen LogP contribution in [0.5, 0.6) is 0 Å². The molecule has 1 heterocycles. The molecule has 19 heavy (non-hydrogen) atoms. The highest BCUT2D eigenvalue weighted by molar-refractivity contribution is 5.76. The van der Waals surface area contributed by atoms with Crippen LogP contribution in [-0.2, 0) is 0 Å². The summed E-state index contributed by atoms with van der Waals surface area (Å²) in [5, 5.41) is 3.66. The average molecular weight is 257 g/mol. The Kier molecular flexibility index (Phi) is 3.56. The molecule has 3 rings (SSSR count). The summed E-state index contributed by atoms with van der Waals surface area (Å²) in [6, 6.07) is 9.79. The van der Waals surface area contributed by atoms with Crippen LogP contribution < -0.4 is 5.32 Å². The Hall–Kier alpha value is -1.35. The lowest BCUT2D eigenvalue weighted by atomic mass is 10.2. The predicted octanol–water partition coefficient (Wildman–Crippen LogP) is 3.44. The fourth-order valence-corrected chi connectivity index (χ4v) is 3.35. The maximum absolute atomic E-state index is 4.69. The smallest absolute Gasteiger partial charge is 0.106 e. The number of aryl methyl sites for hydroxylation is 1. The molecule has 1 aliphatic rings. The van der Waals surface area contributed by atoms with Gasteiger partial charge >= 0.3 is 0 Å². The molecule has 1 N–H and O–H groups in total. The van der Waals surface area contributed by atoms with Crippen molar-refractivity contribution in [3.63, 3.8) is 0 Å². The number of fused-ring (bicyclic) bond motifs is 1. The quantitative estimate of drug-likeness (QED) is 0.909. The van der Waals surface area contributed by atoms with E-state index in [9.17, 15) is 0 Å². The van der Waals surface area contributed by atoms with Crippen molar-refractivity contribution in [3.8, 4) is 0 Å². The third-order valence-electron chi connectivity index (χ3n) is 4.23. The van der Waals surface area contributed by atoms with E-state index in [1.165, 1.54) is 31.2 Å². The second-order valence-electron chi connectivity index (χ2n) is 5.64. The minimum atomic E-state index is 0.613. The van der Waals surface area contributed by atoms with Crippen molar-refractivity contribution in [1.82, 2.24) is 14.9 Å². The van der Waals surface area contributed by atoms with E-state index in [1.807, 2.05) is 0 Å². The monoisotopic (exact) mass is 257 g/mol. The summed E-state index contributed by atoms with van der Waals surface area (Å²) < 4.78 is 2.45. The molecule has 0 spiro atoms. The largest absolute Gasteiger partial charge is 0.325 e. The first-order valence-electron chi connectivity index (χ1n) is 7.46. The van der Waals surface area contributed by atoms with Gasteiger partial charge in [-0.05, 0) is 51.3 Å². The van der Waals surface area contributed by atoms with Gasteiger partial charge in [-0.25, -0.2) is 4.98 Å². The minimum absolute atomic E-state index is 0.613. The van der Waals surface area contributed by atoms with Gasteiger partial charge in [0.05, 0.1) is 11.0 Å². The second-order valence-corrected chi connectivity index (χ2v) is 5.64. The molecule has 2 atom stereocenters. The van der Waals surface area contributed by atoms with E-state index in [0.29, 0.717) is 12.1 Å². The van der Waals surface area contributed by atoms with Gasteiger partial charge in [0, 0.05) is 12.1 Å². The molecule has 2 unspecified atom stereocenters. The topological polar surface area (TPSA) is 29.9 Å². The maximum atomic E-state index is 4.69. The Bertz CT molecular complexity index is 558. The molecule has 0 saturated heterocycles. The SMILES string of the molecule is CCCNC1CCC(n2c(C)nc3ccccc32)C1. The van der Waals surface area contributed by atoms with Crippen molar-refractivity contribution < 1.29 is 0 Å². The fourth-order valence-electron chi connectivity index (χ4n) is 3.35. The lowest BCUT2D eigenvalue weighted by molar-refractivity contribution is 0.475. The van der Waals surface area contributed by atoms with Crippen LogP contribution >= 0.6 is 0 Å². The Morgan fingerprint density at radius 1 is 1.32 bits per heavy atom. The summed E-state index contributed by atoms with van der Waals surface area (Å²) in [5.74, 6) is 1.15. The number of aromatic nitrogens is 2. The molecular weight excluding hydrogens is 234 g/mol. The highest BCUT2D eigenvalue weighted by atomic mass is 15.1. The number of nitrogens with zero attached hydrogens (tertiary/aromatic N) is 2. The van der Waals surface area contributed by atoms with Gasteiger partial charge in [-0.15, -0.1) is 0 Å². The molecule has 0 aliphatic heterocycles. The molecule has 0 radical (unpaired) electrons. The van der Waals surface area contributed by atoms with Crippen LogP contribution in [0.2, 0.25) is 0 Å². The van der Waals surface area contributed by atoms with Crippen LogP contribution in [0, 0.1) is 6.92 Å². The molecule has 0 bridgehead atoms. The van der Waals surface area contributed by atoms with Gasteiger partial charge in [0.2, 0.25) is 0 Å². The standard InChI is InChI=1S/C16H23N3/c1-3-10-17-13-8-9-14(11-13)19-12(2)18-15-6-4-5-7-16(15)19/h4-7,13-14,17H,3,8-11H2,1-2H3.